The fourth-order valence-electron chi connectivity index (χ4n) is 2.14. The number of thiophene rings is 1. The average Bonchev–Trinajstić information content (AvgIpc) is 2.92. The van der Waals surface area contributed by atoms with Gasteiger partial charge >= 0.3 is 0 Å². The molecule has 1 unspecified atom stereocenters. The molecule has 2 aromatic rings. The Morgan fingerprint density at radius 2 is 2.20 bits per heavy atom. The molecule has 0 aliphatic carbocycles. The maximum atomic E-state index is 10.4. The Balaban J connectivity index is 2.27. The third kappa shape index (κ3) is 3.11. The number of hydrogen-bond acceptors (Lipinski definition) is 3. The Kier molecular flexibility index (Phi) is 5.29. The lowest BCUT2D eigenvalue weighted by Gasteiger charge is -2.10. The largest absolute Gasteiger partial charge is 0.387 e. The summed E-state index contributed by atoms with van der Waals surface area (Å²) in [7, 11) is 0. The molecule has 2 aromatic heterocycles. The Bertz CT molecular complexity index is 589. The first-order valence-electron chi connectivity index (χ1n) is 6.65. The van der Waals surface area contributed by atoms with E-state index in [9.17, 15) is 5.11 Å². The van der Waals surface area contributed by atoms with Crippen molar-refractivity contribution in [3.05, 3.63) is 36.7 Å². The number of nitrogens with zero attached hydrogens (tertiary/aromatic N) is 2. The van der Waals surface area contributed by atoms with E-state index in [1.54, 1.807) is 11.3 Å². The maximum absolute atomic E-state index is 10.4. The van der Waals surface area contributed by atoms with Crippen molar-refractivity contribution in [3.63, 3.8) is 0 Å². The van der Waals surface area contributed by atoms with Gasteiger partial charge in [0.25, 0.3) is 0 Å². The standard InChI is InChI=1S/C14H18BrClN2OS/c1-4-9-13(16)10(18(5-2)17-9)7-11(19)12-6-8(3)14(15)20-12/h6,11,19H,4-5,7H2,1-3H3. The number of hydrogen-bond donors (Lipinski definition) is 1. The van der Waals surface area contributed by atoms with E-state index in [0.29, 0.717) is 11.4 Å². The first-order valence-corrected chi connectivity index (χ1v) is 8.64. The van der Waals surface area contributed by atoms with E-state index in [0.717, 1.165) is 38.6 Å². The third-order valence-electron chi connectivity index (χ3n) is 3.29. The second kappa shape index (κ2) is 6.60. The minimum atomic E-state index is -0.547. The molecule has 0 radical (unpaired) electrons. The van der Waals surface area contributed by atoms with Gasteiger partial charge in [-0.2, -0.15) is 5.10 Å². The van der Waals surface area contributed by atoms with Gasteiger partial charge in [-0.1, -0.05) is 18.5 Å². The number of halogens is 2. The van der Waals surface area contributed by atoms with E-state index in [-0.39, 0.29) is 0 Å². The topological polar surface area (TPSA) is 38.0 Å². The van der Waals surface area contributed by atoms with Crippen LogP contribution in [0.3, 0.4) is 0 Å². The smallest absolute Gasteiger partial charge is 0.0938 e. The van der Waals surface area contributed by atoms with E-state index < -0.39 is 6.10 Å². The molecule has 110 valence electrons. The first kappa shape index (κ1) is 16.0. The van der Waals surface area contributed by atoms with Crippen LogP contribution < -0.4 is 0 Å². The van der Waals surface area contributed by atoms with Gasteiger partial charge in [0.1, 0.15) is 0 Å². The molecule has 2 heterocycles. The van der Waals surface area contributed by atoms with Gasteiger partial charge in [0.15, 0.2) is 0 Å². The molecule has 1 N–H and O–H groups in total. The molecule has 0 fully saturated rings. The van der Waals surface area contributed by atoms with Crippen molar-refractivity contribution in [1.82, 2.24) is 9.78 Å². The second-order valence-electron chi connectivity index (χ2n) is 4.70. The molecule has 2 rings (SSSR count). The zero-order valence-corrected chi connectivity index (χ0v) is 14.9. The molecule has 20 heavy (non-hydrogen) atoms. The highest BCUT2D eigenvalue weighted by Gasteiger charge is 2.20. The Morgan fingerprint density at radius 3 is 2.70 bits per heavy atom. The summed E-state index contributed by atoms with van der Waals surface area (Å²) >= 11 is 11.4. The highest BCUT2D eigenvalue weighted by atomic mass is 79.9. The highest BCUT2D eigenvalue weighted by Crippen LogP contribution is 2.34. The summed E-state index contributed by atoms with van der Waals surface area (Å²) in [5, 5.41) is 15.6. The van der Waals surface area contributed by atoms with Gasteiger partial charge in [0, 0.05) is 17.8 Å². The average molecular weight is 378 g/mol. The minimum Gasteiger partial charge on any atom is -0.387 e. The van der Waals surface area contributed by atoms with Crippen molar-refractivity contribution >= 4 is 38.9 Å². The molecule has 0 spiro atoms. The van der Waals surface area contributed by atoms with Gasteiger partial charge < -0.3 is 5.11 Å². The lowest BCUT2D eigenvalue weighted by Crippen LogP contribution is -2.08. The van der Waals surface area contributed by atoms with Crippen LogP contribution >= 0.6 is 38.9 Å². The predicted molar refractivity (Wildman–Crippen MR) is 87.7 cm³/mol. The summed E-state index contributed by atoms with van der Waals surface area (Å²) < 4.78 is 2.95. The van der Waals surface area contributed by atoms with Crippen LogP contribution in [0.25, 0.3) is 0 Å². The molecule has 6 heteroatoms. The zero-order valence-electron chi connectivity index (χ0n) is 11.8. The van der Waals surface area contributed by atoms with Crippen LogP contribution in [-0.2, 0) is 19.4 Å². The van der Waals surface area contributed by atoms with Crippen LogP contribution in [0.2, 0.25) is 5.02 Å². The van der Waals surface area contributed by atoms with Gasteiger partial charge in [0.2, 0.25) is 0 Å². The lowest BCUT2D eigenvalue weighted by molar-refractivity contribution is 0.179. The van der Waals surface area contributed by atoms with Crippen LogP contribution in [0.4, 0.5) is 0 Å². The SMILES string of the molecule is CCc1nn(CC)c(CC(O)c2cc(C)c(Br)s2)c1Cl. The first-order chi connectivity index (χ1) is 9.47. The van der Waals surface area contributed by atoms with Crippen molar-refractivity contribution < 1.29 is 5.11 Å². The molecular formula is C14H18BrClN2OS. The number of aryl methyl sites for hydroxylation is 3. The molecule has 0 aliphatic rings. The monoisotopic (exact) mass is 376 g/mol. The van der Waals surface area contributed by atoms with Crippen molar-refractivity contribution in [2.24, 2.45) is 0 Å². The number of aliphatic hydroxyl groups is 1. The van der Waals surface area contributed by atoms with Crippen LogP contribution in [0.15, 0.2) is 9.85 Å². The molecule has 0 saturated carbocycles. The van der Waals surface area contributed by atoms with Gasteiger partial charge in [-0.15, -0.1) is 11.3 Å². The fraction of sp³-hybridized carbons (Fsp3) is 0.500. The molecule has 0 aromatic carbocycles. The third-order valence-corrected chi connectivity index (χ3v) is 5.96. The molecule has 0 amide bonds. The van der Waals surface area contributed by atoms with Crippen LogP contribution in [0.1, 0.15) is 41.8 Å². The molecule has 0 bridgehead atoms. The summed E-state index contributed by atoms with van der Waals surface area (Å²) in [4.78, 5) is 0.951. The molecule has 0 aliphatic heterocycles. The summed E-state index contributed by atoms with van der Waals surface area (Å²) in [6.07, 6.45) is 0.749. The number of aliphatic hydroxyl groups excluding tert-OH is 1. The normalized spacial score (nSPS) is 12.9. The summed E-state index contributed by atoms with van der Waals surface area (Å²) in [5.74, 6) is 0. The fourth-order valence-corrected chi connectivity index (χ4v) is 4.05. The quantitative estimate of drug-likeness (QED) is 0.831. The Hall–Kier alpha value is -0.360. The van der Waals surface area contributed by atoms with E-state index in [1.165, 1.54) is 0 Å². The van der Waals surface area contributed by atoms with Crippen molar-refractivity contribution in [3.8, 4) is 0 Å². The lowest BCUT2D eigenvalue weighted by atomic mass is 10.1. The molecule has 0 saturated heterocycles. The molecular weight excluding hydrogens is 360 g/mol. The van der Waals surface area contributed by atoms with Crippen molar-refractivity contribution in [1.29, 1.82) is 0 Å². The number of aromatic nitrogens is 2. The van der Waals surface area contributed by atoms with E-state index in [1.807, 2.05) is 31.5 Å². The van der Waals surface area contributed by atoms with Crippen LogP contribution in [0, 0.1) is 6.92 Å². The van der Waals surface area contributed by atoms with Crippen molar-refractivity contribution in [2.75, 3.05) is 0 Å². The predicted octanol–water partition coefficient (Wildman–Crippen LogP) is 4.53. The second-order valence-corrected chi connectivity index (χ2v) is 7.48. The van der Waals surface area contributed by atoms with Gasteiger partial charge in [-0.05, 0) is 47.8 Å². The highest BCUT2D eigenvalue weighted by molar-refractivity contribution is 9.11. The van der Waals surface area contributed by atoms with Gasteiger partial charge in [-0.25, -0.2) is 0 Å². The summed E-state index contributed by atoms with van der Waals surface area (Å²) in [6.45, 7) is 6.85. The summed E-state index contributed by atoms with van der Waals surface area (Å²) in [5.41, 5.74) is 2.97. The van der Waals surface area contributed by atoms with E-state index in [4.69, 9.17) is 11.6 Å². The van der Waals surface area contributed by atoms with E-state index in [2.05, 4.69) is 21.0 Å². The zero-order chi connectivity index (χ0) is 14.9. The Labute approximate surface area is 136 Å². The van der Waals surface area contributed by atoms with Crippen LogP contribution in [-0.4, -0.2) is 14.9 Å². The van der Waals surface area contributed by atoms with Crippen LogP contribution in [0.5, 0.6) is 0 Å². The van der Waals surface area contributed by atoms with Crippen molar-refractivity contribution in [2.45, 2.75) is 46.3 Å². The summed E-state index contributed by atoms with van der Waals surface area (Å²) in [6, 6.07) is 2.01. The maximum Gasteiger partial charge on any atom is 0.0938 e. The van der Waals surface area contributed by atoms with Gasteiger partial charge in [-0.3, -0.25) is 4.68 Å². The molecule has 1 atom stereocenters. The minimum absolute atomic E-state index is 0.492. The Morgan fingerprint density at radius 1 is 1.50 bits per heavy atom. The van der Waals surface area contributed by atoms with E-state index >= 15 is 0 Å². The number of rotatable bonds is 5. The van der Waals surface area contributed by atoms with Gasteiger partial charge in [0.05, 0.1) is 26.3 Å². The molecule has 3 nitrogen and oxygen atoms in total.